The van der Waals surface area contributed by atoms with Crippen molar-refractivity contribution in [3.8, 4) is 6.07 Å². The number of nitrogens with zero attached hydrogens (tertiary/aromatic N) is 1. The molecule has 2 unspecified atom stereocenters. The normalized spacial score (nSPS) is 23.5. The molecular weight excluding hydrogens is 184 g/mol. The second-order valence-corrected chi connectivity index (χ2v) is 4.45. The fourth-order valence-electron chi connectivity index (χ4n) is 1.81. The highest BCUT2D eigenvalue weighted by atomic mass is 15.0. The SMILES string of the molecule is Cc1cc(C#N)ccc1CNC1CC1C. The van der Waals surface area contributed by atoms with E-state index in [4.69, 9.17) is 5.26 Å². The molecule has 78 valence electrons. The van der Waals surface area contributed by atoms with Gasteiger partial charge in [-0.1, -0.05) is 13.0 Å². The summed E-state index contributed by atoms with van der Waals surface area (Å²) in [5.41, 5.74) is 3.25. The fraction of sp³-hybridized carbons (Fsp3) is 0.462. The molecule has 0 aliphatic heterocycles. The summed E-state index contributed by atoms with van der Waals surface area (Å²) < 4.78 is 0. The molecule has 2 nitrogen and oxygen atoms in total. The topological polar surface area (TPSA) is 35.8 Å². The van der Waals surface area contributed by atoms with E-state index in [2.05, 4.69) is 25.2 Å². The van der Waals surface area contributed by atoms with Gasteiger partial charge in [-0.25, -0.2) is 0 Å². The van der Waals surface area contributed by atoms with Crippen LogP contribution < -0.4 is 5.32 Å². The van der Waals surface area contributed by atoms with Crippen LogP contribution >= 0.6 is 0 Å². The van der Waals surface area contributed by atoms with Crippen molar-refractivity contribution in [1.29, 1.82) is 5.26 Å². The number of hydrogen-bond donors (Lipinski definition) is 1. The Morgan fingerprint density at radius 2 is 2.27 bits per heavy atom. The number of rotatable bonds is 3. The van der Waals surface area contributed by atoms with Gasteiger partial charge < -0.3 is 5.32 Å². The van der Waals surface area contributed by atoms with Crippen molar-refractivity contribution in [2.75, 3.05) is 0 Å². The summed E-state index contributed by atoms with van der Waals surface area (Å²) in [5, 5.41) is 12.3. The molecule has 15 heavy (non-hydrogen) atoms. The summed E-state index contributed by atoms with van der Waals surface area (Å²) in [6.45, 7) is 5.25. The van der Waals surface area contributed by atoms with E-state index in [9.17, 15) is 0 Å². The molecule has 0 heterocycles. The van der Waals surface area contributed by atoms with Crippen molar-refractivity contribution >= 4 is 0 Å². The van der Waals surface area contributed by atoms with E-state index in [-0.39, 0.29) is 0 Å². The van der Waals surface area contributed by atoms with E-state index in [1.54, 1.807) is 0 Å². The van der Waals surface area contributed by atoms with Crippen LogP contribution in [-0.4, -0.2) is 6.04 Å². The van der Waals surface area contributed by atoms with E-state index in [1.807, 2.05) is 18.2 Å². The Morgan fingerprint density at radius 1 is 1.53 bits per heavy atom. The van der Waals surface area contributed by atoms with Crippen molar-refractivity contribution in [3.63, 3.8) is 0 Å². The van der Waals surface area contributed by atoms with Crippen LogP contribution in [0.15, 0.2) is 18.2 Å². The van der Waals surface area contributed by atoms with Gasteiger partial charge in [0.25, 0.3) is 0 Å². The average Bonchev–Trinajstić information content (AvgIpc) is 2.93. The van der Waals surface area contributed by atoms with E-state index in [0.717, 1.165) is 18.0 Å². The minimum Gasteiger partial charge on any atom is -0.310 e. The second kappa shape index (κ2) is 4.04. The maximum Gasteiger partial charge on any atom is 0.0991 e. The Kier molecular flexibility index (Phi) is 2.75. The Hall–Kier alpha value is -1.33. The predicted octanol–water partition coefficient (Wildman–Crippen LogP) is 2.36. The molecule has 2 atom stereocenters. The molecule has 0 amide bonds. The molecule has 0 aromatic heterocycles. The highest BCUT2D eigenvalue weighted by Crippen LogP contribution is 2.29. The standard InChI is InChI=1S/C13H16N2/c1-9-5-11(7-14)3-4-12(9)8-15-13-6-10(13)2/h3-5,10,13,15H,6,8H2,1-2H3. The molecule has 1 aliphatic carbocycles. The summed E-state index contributed by atoms with van der Waals surface area (Å²) in [6, 6.07) is 8.76. The zero-order valence-corrected chi connectivity index (χ0v) is 9.25. The Morgan fingerprint density at radius 3 is 2.80 bits per heavy atom. The van der Waals surface area contributed by atoms with Crippen LogP contribution in [0.4, 0.5) is 0 Å². The molecule has 0 radical (unpaired) electrons. The molecule has 0 saturated heterocycles. The summed E-state index contributed by atoms with van der Waals surface area (Å²) in [6.07, 6.45) is 1.30. The highest BCUT2D eigenvalue weighted by molar-refractivity contribution is 5.37. The van der Waals surface area contributed by atoms with Crippen molar-refractivity contribution in [2.24, 2.45) is 5.92 Å². The molecule has 2 rings (SSSR count). The zero-order chi connectivity index (χ0) is 10.8. The van der Waals surface area contributed by atoms with Gasteiger partial charge in [-0.2, -0.15) is 5.26 Å². The Balaban J connectivity index is 1.99. The highest BCUT2D eigenvalue weighted by Gasteiger charge is 2.31. The lowest BCUT2D eigenvalue weighted by Crippen LogP contribution is -2.17. The van der Waals surface area contributed by atoms with Gasteiger partial charge in [0.15, 0.2) is 0 Å². The van der Waals surface area contributed by atoms with Gasteiger partial charge in [0, 0.05) is 12.6 Å². The molecule has 1 N–H and O–H groups in total. The first-order chi connectivity index (χ1) is 7.20. The van der Waals surface area contributed by atoms with Crippen molar-refractivity contribution < 1.29 is 0 Å². The molecule has 0 bridgehead atoms. The quantitative estimate of drug-likeness (QED) is 0.813. The van der Waals surface area contributed by atoms with Gasteiger partial charge in [-0.15, -0.1) is 0 Å². The third kappa shape index (κ3) is 2.37. The summed E-state index contributed by atoms with van der Waals surface area (Å²) in [5.74, 6) is 0.837. The van der Waals surface area contributed by atoms with Crippen LogP contribution in [0.5, 0.6) is 0 Å². The third-order valence-electron chi connectivity index (χ3n) is 3.14. The molecule has 1 aromatic carbocycles. The number of benzene rings is 1. The largest absolute Gasteiger partial charge is 0.310 e. The van der Waals surface area contributed by atoms with E-state index < -0.39 is 0 Å². The molecular formula is C13H16N2. The van der Waals surface area contributed by atoms with Gasteiger partial charge in [-0.05, 0) is 42.5 Å². The summed E-state index contributed by atoms with van der Waals surface area (Å²) >= 11 is 0. The zero-order valence-electron chi connectivity index (χ0n) is 9.25. The number of aryl methyl sites for hydroxylation is 1. The van der Waals surface area contributed by atoms with Crippen LogP contribution in [-0.2, 0) is 6.54 Å². The minimum absolute atomic E-state index is 0.708. The van der Waals surface area contributed by atoms with Gasteiger partial charge >= 0.3 is 0 Å². The lowest BCUT2D eigenvalue weighted by atomic mass is 10.1. The maximum atomic E-state index is 8.75. The Bertz CT molecular complexity index is 403. The van der Waals surface area contributed by atoms with Gasteiger partial charge in [-0.3, -0.25) is 0 Å². The fourth-order valence-corrected chi connectivity index (χ4v) is 1.81. The molecule has 1 aliphatic rings. The van der Waals surface area contributed by atoms with E-state index in [0.29, 0.717) is 6.04 Å². The van der Waals surface area contributed by atoms with Crippen LogP contribution in [0.1, 0.15) is 30.0 Å². The first-order valence-corrected chi connectivity index (χ1v) is 5.43. The predicted molar refractivity (Wildman–Crippen MR) is 60.3 cm³/mol. The second-order valence-electron chi connectivity index (χ2n) is 4.45. The lowest BCUT2D eigenvalue weighted by Gasteiger charge is -2.07. The van der Waals surface area contributed by atoms with Gasteiger partial charge in [0.2, 0.25) is 0 Å². The third-order valence-corrected chi connectivity index (χ3v) is 3.14. The molecule has 1 fully saturated rings. The van der Waals surface area contributed by atoms with Crippen molar-refractivity contribution in [1.82, 2.24) is 5.32 Å². The number of nitriles is 1. The molecule has 2 heteroatoms. The van der Waals surface area contributed by atoms with Crippen LogP contribution in [0.2, 0.25) is 0 Å². The monoisotopic (exact) mass is 200 g/mol. The number of hydrogen-bond acceptors (Lipinski definition) is 2. The molecule has 1 aromatic rings. The van der Waals surface area contributed by atoms with Gasteiger partial charge in [0.05, 0.1) is 11.6 Å². The van der Waals surface area contributed by atoms with E-state index >= 15 is 0 Å². The first kappa shape index (κ1) is 10.2. The average molecular weight is 200 g/mol. The van der Waals surface area contributed by atoms with Crippen LogP contribution in [0.25, 0.3) is 0 Å². The lowest BCUT2D eigenvalue weighted by molar-refractivity contribution is 0.650. The molecule has 1 saturated carbocycles. The number of nitrogens with one attached hydrogen (secondary N) is 1. The summed E-state index contributed by atoms with van der Waals surface area (Å²) in [4.78, 5) is 0. The smallest absolute Gasteiger partial charge is 0.0991 e. The van der Waals surface area contributed by atoms with Crippen LogP contribution in [0, 0.1) is 24.2 Å². The summed E-state index contributed by atoms with van der Waals surface area (Å²) in [7, 11) is 0. The minimum atomic E-state index is 0.708. The Labute approximate surface area is 90.9 Å². The maximum absolute atomic E-state index is 8.75. The van der Waals surface area contributed by atoms with E-state index in [1.165, 1.54) is 17.5 Å². The van der Waals surface area contributed by atoms with Gasteiger partial charge in [0.1, 0.15) is 0 Å². The van der Waals surface area contributed by atoms with Crippen molar-refractivity contribution in [3.05, 3.63) is 34.9 Å². The van der Waals surface area contributed by atoms with Crippen molar-refractivity contribution in [2.45, 2.75) is 32.9 Å². The first-order valence-electron chi connectivity index (χ1n) is 5.43. The van der Waals surface area contributed by atoms with Crippen LogP contribution in [0.3, 0.4) is 0 Å². The molecule has 0 spiro atoms.